The maximum absolute atomic E-state index is 12.5. The number of nitrogens with one attached hydrogen (secondary N) is 3. The molecule has 1 aromatic rings. The molecule has 0 saturated carbocycles. The van der Waals surface area contributed by atoms with Crippen LogP contribution in [-0.4, -0.2) is 36.1 Å². The summed E-state index contributed by atoms with van der Waals surface area (Å²) in [6.07, 6.45) is -1.22. The third-order valence-electron chi connectivity index (χ3n) is 3.59. The first-order valence-electron chi connectivity index (χ1n) is 8.55. The van der Waals surface area contributed by atoms with Gasteiger partial charge in [0.25, 0.3) is 5.91 Å². The molecule has 0 aromatic heterocycles. The number of imide groups is 1. The zero-order valence-electron chi connectivity index (χ0n) is 15.8. The standard InChI is InChI=1S/C18H26N4O5/c1-10(2)13(21-18(26)20-12-8-6-5-7-9-12)16(24)27-14(11(3)4)15(23)22-17(19)25/h5-11,13-14H,1-4H3,(H2,20,21,26)(H3,19,22,23,25)/t13-,14-/m1/s1. The number of carbonyl (C=O) groups excluding carboxylic acids is 4. The van der Waals surface area contributed by atoms with Gasteiger partial charge in [-0.25, -0.2) is 14.4 Å². The predicted molar refractivity (Wildman–Crippen MR) is 99.7 cm³/mol. The minimum Gasteiger partial charge on any atom is -0.450 e. The Labute approximate surface area is 158 Å². The lowest BCUT2D eigenvalue weighted by molar-refractivity contribution is -0.161. The van der Waals surface area contributed by atoms with Crippen LogP contribution in [-0.2, 0) is 14.3 Å². The first-order valence-corrected chi connectivity index (χ1v) is 8.55. The molecule has 0 spiro atoms. The van der Waals surface area contributed by atoms with Gasteiger partial charge in [-0.15, -0.1) is 0 Å². The van der Waals surface area contributed by atoms with Crippen LogP contribution in [0.2, 0.25) is 0 Å². The van der Waals surface area contributed by atoms with Crippen molar-refractivity contribution in [3.63, 3.8) is 0 Å². The molecule has 0 bridgehead atoms. The molecule has 0 fully saturated rings. The van der Waals surface area contributed by atoms with Gasteiger partial charge >= 0.3 is 18.0 Å². The van der Waals surface area contributed by atoms with Gasteiger partial charge in [0.05, 0.1) is 0 Å². The zero-order chi connectivity index (χ0) is 20.6. The topological polar surface area (TPSA) is 140 Å². The molecule has 0 aliphatic rings. The molecule has 1 rings (SSSR count). The van der Waals surface area contributed by atoms with Crippen molar-refractivity contribution in [3.8, 4) is 0 Å². The summed E-state index contributed by atoms with van der Waals surface area (Å²) in [6, 6.07) is 6.11. The largest absolute Gasteiger partial charge is 0.450 e. The zero-order valence-corrected chi connectivity index (χ0v) is 15.8. The number of nitrogens with two attached hydrogens (primary N) is 1. The number of esters is 1. The number of urea groups is 2. The average Bonchev–Trinajstić information content (AvgIpc) is 2.56. The third kappa shape index (κ3) is 7.35. The van der Waals surface area contributed by atoms with Gasteiger partial charge in [-0.05, 0) is 24.0 Å². The van der Waals surface area contributed by atoms with E-state index in [2.05, 4.69) is 10.6 Å². The van der Waals surface area contributed by atoms with Crippen LogP contribution in [0.15, 0.2) is 30.3 Å². The predicted octanol–water partition coefficient (Wildman–Crippen LogP) is 1.60. The van der Waals surface area contributed by atoms with Gasteiger partial charge in [-0.1, -0.05) is 45.9 Å². The summed E-state index contributed by atoms with van der Waals surface area (Å²) in [5.74, 6) is -2.31. The summed E-state index contributed by atoms with van der Waals surface area (Å²) in [5.41, 5.74) is 5.49. The van der Waals surface area contributed by atoms with Crippen molar-refractivity contribution < 1.29 is 23.9 Å². The Morgan fingerprint density at radius 1 is 0.963 bits per heavy atom. The van der Waals surface area contributed by atoms with Crippen LogP contribution in [0.25, 0.3) is 0 Å². The number of anilines is 1. The molecule has 27 heavy (non-hydrogen) atoms. The molecule has 5 N–H and O–H groups in total. The molecule has 0 heterocycles. The lowest BCUT2D eigenvalue weighted by atomic mass is 10.0. The van der Waals surface area contributed by atoms with E-state index in [1.54, 1.807) is 58.0 Å². The normalized spacial score (nSPS) is 12.8. The molecule has 0 aliphatic heterocycles. The summed E-state index contributed by atoms with van der Waals surface area (Å²) in [4.78, 5) is 47.5. The Morgan fingerprint density at radius 3 is 2.04 bits per heavy atom. The van der Waals surface area contributed by atoms with Crippen LogP contribution >= 0.6 is 0 Å². The lowest BCUT2D eigenvalue weighted by Crippen LogP contribution is -2.51. The van der Waals surface area contributed by atoms with Crippen molar-refractivity contribution >= 4 is 29.6 Å². The van der Waals surface area contributed by atoms with E-state index < -0.39 is 42.0 Å². The number of carbonyl (C=O) groups is 4. The van der Waals surface area contributed by atoms with Gasteiger partial charge in [-0.2, -0.15) is 0 Å². The highest BCUT2D eigenvalue weighted by molar-refractivity contribution is 5.97. The quantitative estimate of drug-likeness (QED) is 0.534. The van der Waals surface area contributed by atoms with E-state index >= 15 is 0 Å². The number of para-hydroxylation sites is 1. The second kappa shape index (κ2) is 10.1. The smallest absolute Gasteiger partial charge is 0.329 e. The number of benzene rings is 1. The van der Waals surface area contributed by atoms with E-state index in [1.165, 1.54) is 0 Å². The Kier molecular flexibility index (Phi) is 8.25. The fourth-order valence-electron chi connectivity index (χ4n) is 2.21. The van der Waals surface area contributed by atoms with Gasteiger partial charge in [0.15, 0.2) is 6.10 Å². The molecular formula is C18H26N4O5. The second-order valence-electron chi connectivity index (χ2n) is 6.64. The monoisotopic (exact) mass is 378 g/mol. The molecule has 0 radical (unpaired) electrons. The van der Waals surface area contributed by atoms with Crippen molar-refractivity contribution in [1.82, 2.24) is 10.6 Å². The fourth-order valence-corrected chi connectivity index (χ4v) is 2.21. The molecule has 148 valence electrons. The maximum Gasteiger partial charge on any atom is 0.329 e. The molecular weight excluding hydrogens is 352 g/mol. The Morgan fingerprint density at radius 2 is 1.56 bits per heavy atom. The minimum atomic E-state index is -1.22. The molecule has 0 saturated heterocycles. The number of primary amides is 1. The average molecular weight is 378 g/mol. The van der Waals surface area contributed by atoms with Crippen LogP contribution in [0.5, 0.6) is 0 Å². The molecule has 0 aliphatic carbocycles. The fraction of sp³-hybridized carbons (Fsp3) is 0.444. The van der Waals surface area contributed by atoms with E-state index in [9.17, 15) is 19.2 Å². The first kappa shape index (κ1) is 21.9. The summed E-state index contributed by atoms with van der Waals surface area (Å²) >= 11 is 0. The molecule has 9 heteroatoms. The first-order chi connectivity index (χ1) is 12.6. The van der Waals surface area contributed by atoms with Gasteiger partial charge in [0, 0.05) is 5.69 Å². The summed E-state index contributed by atoms with van der Waals surface area (Å²) in [7, 11) is 0. The van der Waals surface area contributed by atoms with Gasteiger partial charge in [0.2, 0.25) is 0 Å². The minimum absolute atomic E-state index is 0.300. The van der Waals surface area contributed by atoms with Crippen molar-refractivity contribution in [2.24, 2.45) is 17.6 Å². The molecule has 2 atom stereocenters. The molecule has 5 amide bonds. The summed E-state index contributed by atoms with van der Waals surface area (Å²) in [6.45, 7) is 6.75. The van der Waals surface area contributed by atoms with Crippen molar-refractivity contribution in [2.45, 2.75) is 39.8 Å². The van der Waals surface area contributed by atoms with Crippen molar-refractivity contribution in [2.75, 3.05) is 5.32 Å². The highest BCUT2D eigenvalue weighted by Gasteiger charge is 2.33. The summed E-state index contributed by atoms with van der Waals surface area (Å²) in [5, 5.41) is 7.04. The van der Waals surface area contributed by atoms with Gasteiger partial charge in [0.1, 0.15) is 6.04 Å². The van der Waals surface area contributed by atoms with Crippen LogP contribution in [0.1, 0.15) is 27.7 Å². The van der Waals surface area contributed by atoms with Crippen LogP contribution in [0.4, 0.5) is 15.3 Å². The SMILES string of the molecule is CC(C)[C@@H](NC(=O)Nc1ccccc1)C(=O)O[C@@H](C(=O)NC(N)=O)C(C)C. The van der Waals surface area contributed by atoms with Crippen molar-refractivity contribution in [3.05, 3.63) is 30.3 Å². The molecule has 1 aromatic carbocycles. The van der Waals surface area contributed by atoms with Crippen molar-refractivity contribution in [1.29, 1.82) is 0 Å². The Balaban J connectivity index is 2.79. The maximum atomic E-state index is 12.5. The number of amides is 5. The Hall–Kier alpha value is -3.10. The second-order valence-corrected chi connectivity index (χ2v) is 6.64. The number of hydrogen-bond acceptors (Lipinski definition) is 5. The highest BCUT2D eigenvalue weighted by atomic mass is 16.6. The lowest BCUT2D eigenvalue weighted by Gasteiger charge is -2.25. The van der Waals surface area contributed by atoms with Crippen LogP contribution < -0.4 is 21.7 Å². The van der Waals surface area contributed by atoms with E-state index in [1.807, 2.05) is 5.32 Å². The third-order valence-corrected chi connectivity index (χ3v) is 3.59. The number of hydrogen-bond donors (Lipinski definition) is 4. The van der Waals surface area contributed by atoms with Crippen LogP contribution in [0.3, 0.4) is 0 Å². The molecule has 9 nitrogen and oxygen atoms in total. The van der Waals surface area contributed by atoms with Gasteiger partial charge < -0.3 is 21.1 Å². The number of ether oxygens (including phenoxy) is 1. The van der Waals surface area contributed by atoms with E-state index in [0.29, 0.717) is 5.69 Å². The molecule has 0 unspecified atom stereocenters. The summed E-state index contributed by atoms with van der Waals surface area (Å²) < 4.78 is 5.25. The van der Waals surface area contributed by atoms with E-state index in [0.717, 1.165) is 0 Å². The highest BCUT2D eigenvalue weighted by Crippen LogP contribution is 2.12. The van der Waals surface area contributed by atoms with Crippen LogP contribution in [0, 0.1) is 11.8 Å². The van der Waals surface area contributed by atoms with Gasteiger partial charge in [-0.3, -0.25) is 10.1 Å². The van der Waals surface area contributed by atoms with E-state index in [-0.39, 0.29) is 5.92 Å². The Bertz CT molecular complexity index is 676. The van der Waals surface area contributed by atoms with E-state index in [4.69, 9.17) is 10.5 Å². The number of rotatable bonds is 7.